The third-order valence-electron chi connectivity index (χ3n) is 2.14. The van der Waals surface area contributed by atoms with Crippen LogP contribution in [0.3, 0.4) is 0 Å². The van der Waals surface area contributed by atoms with Gasteiger partial charge in [-0.25, -0.2) is 0 Å². The normalized spacial score (nSPS) is 12.3. The molecule has 0 atom stereocenters. The van der Waals surface area contributed by atoms with Crippen LogP contribution in [0.2, 0.25) is 0 Å². The second kappa shape index (κ2) is 4.24. The van der Waals surface area contributed by atoms with E-state index < -0.39 is 5.91 Å². The van der Waals surface area contributed by atoms with Crippen molar-refractivity contribution in [1.82, 2.24) is 0 Å². The van der Waals surface area contributed by atoms with Crippen LogP contribution in [0.4, 0.5) is 5.69 Å². The SMILES string of the molecule is C=C(CO)C(=O)Nc1ccc2c(c1)OCO2. The van der Waals surface area contributed by atoms with Crippen LogP contribution >= 0.6 is 0 Å². The Hall–Kier alpha value is -2.01. The van der Waals surface area contributed by atoms with Crippen molar-refractivity contribution >= 4 is 11.6 Å². The zero-order valence-electron chi connectivity index (χ0n) is 8.53. The smallest absolute Gasteiger partial charge is 0.253 e. The van der Waals surface area contributed by atoms with Crippen LogP contribution in [0, 0.1) is 0 Å². The largest absolute Gasteiger partial charge is 0.454 e. The van der Waals surface area contributed by atoms with E-state index in [9.17, 15) is 4.79 Å². The predicted molar refractivity (Wildman–Crippen MR) is 57.4 cm³/mol. The molecule has 0 aliphatic carbocycles. The fourth-order valence-electron chi connectivity index (χ4n) is 1.27. The molecule has 0 saturated carbocycles. The van der Waals surface area contributed by atoms with Crippen LogP contribution in [0.1, 0.15) is 0 Å². The molecule has 0 radical (unpaired) electrons. The number of nitrogens with one attached hydrogen (secondary N) is 1. The van der Waals surface area contributed by atoms with Gasteiger partial charge in [-0.3, -0.25) is 4.79 Å². The first kappa shape index (κ1) is 10.5. The van der Waals surface area contributed by atoms with E-state index in [0.29, 0.717) is 17.2 Å². The molecule has 1 heterocycles. The average Bonchev–Trinajstić information content (AvgIpc) is 2.75. The van der Waals surface area contributed by atoms with E-state index in [2.05, 4.69) is 11.9 Å². The molecule has 0 saturated heterocycles. The maximum Gasteiger partial charge on any atom is 0.253 e. The van der Waals surface area contributed by atoms with Crippen LogP contribution in [0.15, 0.2) is 30.4 Å². The molecule has 1 aromatic carbocycles. The molecule has 1 amide bonds. The van der Waals surface area contributed by atoms with E-state index in [4.69, 9.17) is 14.6 Å². The highest BCUT2D eigenvalue weighted by molar-refractivity contribution is 6.03. The fraction of sp³-hybridized carbons (Fsp3) is 0.182. The predicted octanol–water partition coefficient (Wildman–Crippen LogP) is 0.902. The number of ether oxygens (including phenoxy) is 2. The first-order chi connectivity index (χ1) is 7.70. The van der Waals surface area contributed by atoms with E-state index in [1.807, 2.05) is 0 Å². The third kappa shape index (κ3) is 1.99. The highest BCUT2D eigenvalue weighted by Gasteiger charge is 2.14. The van der Waals surface area contributed by atoms with E-state index in [0.717, 1.165) is 0 Å². The quantitative estimate of drug-likeness (QED) is 0.744. The molecule has 0 aromatic heterocycles. The Morgan fingerprint density at radius 3 is 2.94 bits per heavy atom. The van der Waals surface area contributed by atoms with E-state index in [-0.39, 0.29) is 19.0 Å². The van der Waals surface area contributed by atoms with Gasteiger partial charge in [0.1, 0.15) is 0 Å². The van der Waals surface area contributed by atoms with Gasteiger partial charge >= 0.3 is 0 Å². The lowest BCUT2D eigenvalue weighted by atomic mass is 10.2. The van der Waals surface area contributed by atoms with Crippen LogP contribution < -0.4 is 14.8 Å². The number of aliphatic hydroxyl groups is 1. The van der Waals surface area contributed by atoms with E-state index in [1.54, 1.807) is 18.2 Å². The summed E-state index contributed by atoms with van der Waals surface area (Å²) in [5.41, 5.74) is 0.682. The molecule has 1 aliphatic rings. The zero-order valence-corrected chi connectivity index (χ0v) is 8.53. The van der Waals surface area contributed by atoms with Crippen molar-refractivity contribution < 1.29 is 19.4 Å². The summed E-state index contributed by atoms with van der Waals surface area (Å²) >= 11 is 0. The molecule has 1 aromatic rings. The van der Waals surface area contributed by atoms with Crippen molar-refractivity contribution in [2.45, 2.75) is 0 Å². The molecule has 5 heteroatoms. The van der Waals surface area contributed by atoms with Crippen molar-refractivity contribution in [3.05, 3.63) is 30.4 Å². The summed E-state index contributed by atoms with van der Waals surface area (Å²) in [5, 5.41) is 11.3. The minimum Gasteiger partial charge on any atom is -0.454 e. The van der Waals surface area contributed by atoms with Gasteiger partial charge in [0, 0.05) is 17.3 Å². The van der Waals surface area contributed by atoms with Gasteiger partial charge in [-0.1, -0.05) is 6.58 Å². The van der Waals surface area contributed by atoms with Crippen LogP contribution in [-0.2, 0) is 4.79 Å². The molecular weight excluding hydrogens is 210 g/mol. The first-order valence-electron chi connectivity index (χ1n) is 4.70. The molecule has 0 spiro atoms. The molecule has 84 valence electrons. The Kier molecular flexibility index (Phi) is 2.78. The van der Waals surface area contributed by atoms with Gasteiger partial charge in [0.15, 0.2) is 11.5 Å². The molecule has 0 unspecified atom stereocenters. The van der Waals surface area contributed by atoms with Crippen molar-refractivity contribution in [2.75, 3.05) is 18.7 Å². The maximum absolute atomic E-state index is 11.4. The molecule has 5 nitrogen and oxygen atoms in total. The van der Waals surface area contributed by atoms with E-state index in [1.165, 1.54) is 0 Å². The zero-order chi connectivity index (χ0) is 11.5. The van der Waals surface area contributed by atoms with Gasteiger partial charge in [0.2, 0.25) is 6.79 Å². The summed E-state index contributed by atoms with van der Waals surface area (Å²) in [4.78, 5) is 11.4. The summed E-state index contributed by atoms with van der Waals surface area (Å²) in [6, 6.07) is 5.06. The minimum atomic E-state index is -0.415. The Bertz CT molecular complexity index is 442. The number of hydrogen-bond donors (Lipinski definition) is 2. The molecule has 0 bridgehead atoms. The van der Waals surface area contributed by atoms with Gasteiger partial charge in [-0.2, -0.15) is 0 Å². The number of rotatable bonds is 3. The Balaban J connectivity index is 2.11. The monoisotopic (exact) mass is 221 g/mol. The van der Waals surface area contributed by atoms with Crippen molar-refractivity contribution in [3.63, 3.8) is 0 Å². The third-order valence-corrected chi connectivity index (χ3v) is 2.14. The lowest BCUT2D eigenvalue weighted by Gasteiger charge is -2.06. The minimum absolute atomic E-state index is 0.109. The molecule has 0 fully saturated rings. The number of aliphatic hydroxyl groups excluding tert-OH is 1. The molecular formula is C11H11NO4. The molecule has 16 heavy (non-hydrogen) atoms. The number of fused-ring (bicyclic) bond motifs is 1. The van der Waals surface area contributed by atoms with Gasteiger partial charge in [-0.15, -0.1) is 0 Å². The highest BCUT2D eigenvalue weighted by Crippen LogP contribution is 2.34. The Labute approximate surface area is 92.3 Å². The van der Waals surface area contributed by atoms with Crippen molar-refractivity contribution in [2.24, 2.45) is 0 Å². The summed E-state index contributed by atoms with van der Waals surface area (Å²) < 4.78 is 10.3. The number of carbonyl (C=O) groups excluding carboxylic acids is 1. The van der Waals surface area contributed by atoms with Gasteiger partial charge in [-0.05, 0) is 12.1 Å². The van der Waals surface area contributed by atoms with Gasteiger partial charge < -0.3 is 19.9 Å². The first-order valence-corrected chi connectivity index (χ1v) is 4.70. The second-order valence-electron chi connectivity index (χ2n) is 3.28. The number of amides is 1. The maximum atomic E-state index is 11.4. The summed E-state index contributed by atoms with van der Waals surface area (Å²) in [5.74, 6) is 0.827. The highest BCUT2D eigenvalue weighted by atomic mass is 16.7. The lowest BCUT2D eigenvalue weighted by Crippen LogP contribution is -2.15. The van der Waals surface area contributed by atoms with Crippen LogP contribution in [0.5, 0.6) is 11.5 Å². The van der Waals surface area contributed by atoms with Gasteiger partial charge in [0.05, 0.1) is 6.61 Å². The second-order valence-corrected chi connectivity index (χ2v) is 3.28. The van der Waals surface area contributed by atoms with Crippen LogP contribution in [0.25, 0.3) is 0 Å². The lowest BCUT2D eigenvalue weighted by molar-refractivity contribution is -0.113. The fourth-order valence-corrected chi connectivity index (χ4v) is 1.27. The summed E-state index contributed by atoms with van der Waals surface area (Å²) in [6.07, 6.45) is 0. The topological polar surface area (TPSA) is 67.8 Å². The number of benzene rings is 1. The number of carbonyl (C=O) groups is 1. The van der Waals surface area contributed by atoms with Crippen molar-refractivity contribution in [3.8, 4) is 11.5 Å². The summed E-state index contributed by atoms with van der Waals surface area (Å²) in [7, 11) is 0. The van der Waals surface area contributed by atoms with Crippen LogP contribution in [-0.4, -0.2) is 24.4 Å². The summed E-state index contributed by atoms with van der Waals surface area (Å²) in [6.45, 7) is 3.25. The van der Waals surface area contributed by atoms with E-state index >= 15 is 0 Å². The van der Waals surface area contributed by atoms with Crippen molar-refractivity contribution in [1.29, 1.82) is 0 Å². The molecule has 1 aliphatic heterocycles. The molecule has 2 rings (SSSR count). The Morgan fingerprint density at radius 2 is 2.19 bits per heavy atom. The van der Waals surface area contributed by atoms with Gasteiger partial charge in [0.25, 0.3) is 5.91 Å². The molecule has 2 N–H and O–H groups in total. The number of anilines is 1. The standard InChI is InChI=1S/C11H11NO4/c1-7(5-13)11(14)12-8-2-3-9-10(4-8)16-6-15-9/h2-4,13H,1,5-6H2,(H,12,14). The Morgan fingerprint density at radius 1 is 1.44 bits per heavy atom. The average molecular weight is 221 g/mol. The number of hydrogen-bond acceptors (Lipinski definition) is 4.